The van der Waals surface area contributed by atoms with Crippen molar-refractivity contribution in [3.05, 3.63) is 47.7 Å². The second kappa shape index (κ2) is 5.51. The molecular formula is C15H14N2O5. The molecule has 2 heterocycles. The van der Waals surface area contributed by atoms with Crippen molar-refractivity contribution in [3.8, 4) is 5.75 Å². The molecule has 0 fully saturated rings. The lowest BCUT2D eigenvalue weighted by Crippen LogP contribution is -2.40. The number of nitrogens with zero attached hydrogens (tertiary/aromatic N) is 2. The number of carboxylic acids is 1. The molecule has 1 aliphatic rings. The average Bonchev–Trinajstić information content (AvgIpc) is 2.82. The maximum atomic E-state index is 12.6. The van der Waals surface area contributed by atoms with E-state index in [0.29, 0.717) is 17.1 Å². The van der Waals surface area contributed by atoms with Gasteiger partial charge in [0.1, 0.15) is 18.1 Å². The topological polar surface area (TPSA) is 92.9 Å². The number of hydrogen-bond acceptors (Lipinski definition) is 5. The van der Waals surface area contributed by atoms with E-state index in [-0.39, 0.29) is 18.8 Å². The minimum atomic E-state index is -1.12. The van der Waals surface area contributed by atoms with E-state index in [9.17, 15) is 14.7 Å². The number of aromatic nitrogens is 1. The molecule has 7 nitrogen and oxygen atoms in total. The zero-order valence-corrected chi connectivity index (χ0v) is 11.9. The summed E-state index contributed by atoms with van der Waals surface area (Å²) in [6.45, 7) is 1.97. The number of para-hydroxylation sites is 1. The average molecular weight is 302 g/mol. The standard InChI is InChI=1S/C15H14N2O5/c1-9-12(16-8-22-9)14(18)17-6-7-21-11-5-3-2-4-10(11)13(17)15(19)20/h2-5,8,13H,6-7H2,1H3,(H,19,20). The first kappa shape index (κ1) is 14.1. The number of carbonyl (C=O) groups is 2. The molecule has 22 heavy (non-hydrogen) atoms. The van der Waals surface area contributed by atoms with Crippen LogP contribution in [-0.2, 0) is 4.79 Å². The van der Waals surface area contributed by atoms with Crippen LogP contribution in [0, 0.1) is 6.92 Å². The Morgan fingerprint density at radius 3 is 2.82 bits per heavy atom. The van der Waals surface area contributed by atoms with Crippen molar-refractivity contribution in [3.63, 3.8) is 0 Å². The van der Waals surface area contributed by atoms with Crippen molar-refractivity contribution < 1.29 is 23.8 Å². The van der Waals surface area contributed by atoms with E-state index in [0.717, 1.165) is 0 Å². The largest absolute Gasteiger partial charge is 0.491 e. The lowest BCUT2D eigenvalue weighted by atomic mass is 10.0. The first-order chi connectivity index (χ1) is 10.6. The third kappa shape index (κ3) is 2.30. The van der Waals surface area contributed by atoms with E-state index in [1.54, 1.807) is 31.2 Å². The Kier molecular flexibility index (Phi) is 3.54. The van der Waals surface area contributed by atoms with Gasteiger partial charge in [0.15, 0.2) is 18.1 Å². The van der Waals surface area contributed by atoms with Crippen LogP contribution < -0.4 is 4.74 Å². The molecule has 1 aromatic carbocycles. The Bertz CT molecular complexity index is 724. The Morgan fingerprint density at radius 2 is 2.14 bits per heavy atom. The lowest BCUT2D eigenvalue weighted by molar-refractivity contribution is -0.142. The molecule has 0 aliphatic carbocycles. The predicted octanol–water partition coefficient (Wildman–Crippen LogP) is 1.64. The maximum Gasteiger partial charge on any atom is 0.331 e. The highest BCUT2D eigenvalue weighted by atomic mass is 16.5. The van der Waals surface area contributed by atoms with Crippen molar-refractivity contribution in [2.45, 2.75) is 13.0 Å². The fourth-order valence-electron chi connectivity index (χ4n) is 2.52. The molecule has 1 N–H and O–H groups in total. The SMILES string of the molecule is Cc1ocnc1C(=O)N1CCOc2ccccc2C1C(=O)O. The molecule has 1 unspecified atom stereocenters. The number of oxazole rings is 1. The second-order valence-corrected chi connectivity index (χ2v) is 4.88. The summed E-state index contributed by atoms with van der Waals surface area (Å²) in [5.74, 6) is -0.777. The minimum absolute atomic E-state index is 0.116. The molecule has 3 rings (SSSR count). The summed E-state index contributed by atoms with van der Waals surface area (Å²) in [5.41, 5.74) is 0.563. The Balaban J connectivity index is 2.05. The zero-order valence-electron chi connectivity index (χ0n) is 11.9. The number of carbonyl (C=O) groups excluding carboxylic acids is 1. The summed E-state index contributed by atoms with van der Waals surface area (Å²) in [7, 11) is 0. The minimum Gasteiger partial charge on any atom is -0.491 e. The number of aliphatic carboxylic acids is 1. The molecular weight excluding hydrogens is 288 g/mol. The normalized spacial score (nSPS) is 17.3. The smallest absolute Gasteiger partial charge is 0.331 e. The quantitative estimate of drug-likeness (QED) is 0.906. The van der Waals surface area contributed by atoms with Crippen molar-refractivity contribution in [1.82, 2.24) is 9.88 Å². The Morgan fingerprint density at radius 1 is 1.36 bits per heavy atom. The molecule has 0 bridgehead atoms. The Hall–Kier alpha value is -2.83. The Labute approximate surface area is 126 Å². The lowest BCUT2D eigenvalue weighted by Gasteiger charge is -2.26. The molecule has 0 radical (unpaired) electrons. The van der Waals surface area contributed by atoms with Gasteiger partial charge in [0.05, 0.1) is 6.54 Å². The highest BCUT2D eigenvalue weighted by Crippen LogP contribution is 2.33. The van der Waals surface area contributed by atoms with Crippen LogP contribution in [0.2, 0.25) is 0 Å². The fourth-order valence-corrected chi connectivity index (χ4v) is 2.52. The van der Waals surface area contributed by atoms with Gasteiger partial charge in [-0.25, -0.2) is 9.78 Å². The molecule has 114 valence electrons. The number of ether oxygens (including phenoxy) is 1. The van der Waals surface area contributed by atoms with E-state index in [2.05, 4.69) is 4.98 Å². The molecule has 0 saturated carbocycles. The zero-order chi connectivity index (χ0) is 15.7. The van der Waals surface area contributed by atoms with Gasteiger partial charge in [0.2, 0.25) is 0 Å². The van der Waals surface area contributed by atoms with Crippen LogP contribution in [0.25, 0.3) is 0 Å². The van der Waals surface area contributed by atoms with E-state index < -0.39 is 17.9 Å². The second-order valence-electron chi connectivity index (χ2n) is 4.88. The third-order valence-corrected chi connectivity index (χ3v) is 3.56. The van der Waals surface area contributed by atoms with Crippen molar-refractivity contribution in [2.75, 3.05) is 13.2 Å². The third-order valence-electron chi connectivity index (χ3n) is 3.56. The summed E-state index contributed by atoms with van der Waals surface area (Å²) in [6, 6.07) is 5.70. The first-order valence-electron chi connectivity index (χ1n) is 6.75. The number of aryl methyl sites for hydroxylation is 1. The number of benzene rings is 1. The predicted molar refractivity (Wildman–Crippen MR) is 74.6 cm³/mol. The van der Waals surface area contributed by atoms with Crippen molar-refractivity contribution in [2.24, 2.45) is 0 Å². The number of rotatable bonds is 2. The number of hydrogen-bond donors (Lipinski definition) is 1. The van der Waals surface area contributed by atoms with Crippen LogP contribution in [0.4, 0.5) is 0 Å². The van der Waals surface area contributed by atoms with Gasteiger partial charge in [-0.1, -0.05) is 18.2 Å². The van der Waals surface area contributed by atoms with Crippen molar-refractivity contribution >= 4 is 11.9 Å². The molecule has 1 aliphatic heterocycles. The van der Waals surface area contributed by atoms with Gasteiger partial charge < -0.3 is 19.2 Å². The van der Waals surface area contributed by atoms with Gasteiger partial charge in [-0.3, -0.25) is 4.79 Å². The van der Waals surface area contributed by atoms with Gasteiger partial charge in [0, 0.05) is 5.56 Å². The molecule has 1 aromatic heterocycles. The van der Waals surface area contributed by atoms with Crippen LogP contribution in [0.5, 0.6) is 5.75 Å². The number of amides is 1. The van der Waals surface area contributed by atoms with Crippen LogP contribution in [0.3, 0.4) is 0 Å². The highest BCUT2D eigenvalue weighted by Gasteiger charge is 2.37. The van der Waals surface area contributed by atoms with Gasteiger partial charge in [-0.15, -0.1) is 0 Å². The summed E-state index contributed by atoms with van der Waals surface area (Å²) in [4.78, 5) is 29.5. The molecule has 7 heteroatoms. The molecule has 1 amide bonds. The number of fused-ring (bicyclic) bond motifs is 1. The summed E-state index contributed by atoms with van der Waals surface area (Å²) >= 11 is 0. The summed E-state index contributed by atoms with van der Waals surface area (Å²) in [5, 5.41) is 9.60. The monoisotopic (exact) mass is 302 g/mol. The maximum absolute atomic E-state index is 12.6. The van der Waals surface area contributed by atoms with Gasteiger partial charge in [-0.05, 0) is 13.0 Å². The van der Waals surface area contributed by atoms with Crippen LogP contribution in [0.1, 0.15) is 27.9 Å². The van der Waals surface area contributed by atoms with Crippen LogP contribution in [-0.4, -0.2) is 40.0 Å². The molecule has 1 atom stereocenters. The molecule has 2 aromatic rings. The fraction of sp³-hybridized carbons (Fsp3) is 0.267. The van der Waals surface area contributed by atoms with E-state index in [1.165, 1.54) is 11.3 Å². The first-order valence-corrected chi connectivity index (χ1v) is 6.75. The van der Waals surface area contributed by atoms with Gasteiger partial charge in [-0.2, -0.15) is 0 Å². The van der Waals surface area contributed by atoms with Gasteiger partial charge in [0.25, 0.3) is 5.91 Å². The van der Waals surface area contributed by atoms with Gasteiger partial charge >= 0.3 is 5.97 Å². The highest BCUT2D eigenvalue weighted by molar-refractivity contribution is 5.96. The van der Waals surface area contributed by atoms with Crippen LogP contribution in [0.15, 0.2) is 35.1 Å². The van der Waals surface area contributed by atoms with Crippen molar-refractivity contribution in [1.29, 1.82) is 0 Å². The van der Waals surface area contributed by atoms with E-state index >= 15 is 0 Å². The van der Waals surface area contributed by atoms with Crippen LogP contribution >= 0.6 is 0 Å². The van der Waals surface area contributed by atoms with E-state index in [4.69, 9.17) is 9.15 Å². The molecule has 0 spiro atoms. The van der Waals surface area contributed by atoms with E-state index in [1.807, 2.05) is 0 Å². The molecule has 0 saturated heterocycles. The summed E-state index contributed by atoms with van der Waals surface area (Å²) < 4.78 is 10.6. The summed E-state index contributed by atoms with van der Waals surface area (Å²) in [6.07, 6.45) is 1.17. The number of carboxylic acid groups (broad SMARTS) is 1.